The fraction of sp³-hybridized carbons (Fsp3) is 0.100. The van der Waals surface area contributed by atoms with E-state index >= 15 is 0 Å². The number of halogens is 1. The lowest BCUT2D eigenvalue weighted by atomic mass is 10.1. The molecule has 0 saturated heterocycles. The minimum atomic E-state index is -0.411. The molecule has 3 rings (SSSR count). The van der Waals surface area contributed by atoms with Gasteiger partial charge in [-0.1, -0.05) is 48.0 Å². The van der Waals surface area contributed by atoms with E-state index in [1.165, 1.54) is 7.11 Å². The quantitative estimate of drug-likeness (QED) is 0.718. The molecule has 132 valence electrons. The van der Waals surface area contributed by atoms with E-state index < -0.39 is 5.91 Å². The van der Waals surface area contributed by atoms with E-state index in [1.54, 1.807) is 18.2 Å². The number of carbonyl (C=O) groups is 2. The van der Waals surface area contributed by atoms with Gasteiger partial charge in [-0.25, -0.2) is 0 Å². The third-order valence-electron chi connectivity index (χ3n) is 3.88. The molecule has 0 unspecified atom stereocenters. The van der Waals surface area contributed by atoms with E-state index in [0.717, 1.165) is 10.8 Å². The molecule has 3 aromatic carbocycles. The van der Waals surface area contributed by atoms with Crippen molar-refractivity contribution in [3.05, 3.63) is 71.2 Å². The van der Waals surface area contributed by atoms with E-state index in [4.69, 9.17) is 16.3 Å². The van der Waals surface area contributed by atoms with Gasteiger partial charge in [-0.2, -0.15) is 0 Å². The highest BCUT2D eigenvalue weighted by molar-refractivity contribution is 6.30. The van der Waals surface area contributed by atoms with Crippen molar-refractivity contribution in [3.63, 3.8) is 0 Å². The summed E-state index contributed by atoms with van der Waals surface area (Å²) in [7, 11) is 1.45. The molecule has 0 spiro atoms. The minimum Gasteiger partial charge on any atom is -0.496 e. The largest absolute Gasteiger partial charge is 0.496 e. The average Bonchev–Trinajstić information content (AvgIpc) is 2.66. The summed E-state index contributed by atoms with van der Waals surface area (Å²) in [5.74, 6) is -0.376. The Morgan fingerprint density at radius 2 is 1.81 bits per heavy atom. The first-order valence-corrected chi connectivity index (χ1v) is 8.35. The molecule has 0 fully saturated rings. The van der Waals surface area contributed by atoms with Crippen LogP contribution in [0.5, 0.6) is 5.75 Å². The maximum atomic E-state index is 12.3. The van der Waals surface area contributed by atoms with Crippen LogP contribution in [-0.2, 0) is 4.79 Å². The molecule has 6 heteroatoms. The first kappa shape index (κ1) is 17.8. The number of amides is 2. The maximum Gasteiger partial charge on any atom is 0.255 e. The molecule has 0 atom stereocenters. The molecule has 5 nitrogen and oxygen atoms in total. The van der Waals surface area contributed by atoms with Gasteiger partial charge in [-0.05, 0) is 29.7 Å². The van der Waals surface area contributed by atoms with Crippen LogP contribution < -0.4 is 15.4 Å². The summed E-state index contributed by atoms with van der Waals surface area (Å²) in [6, 6.07) is 18.1. The van der Waals surface area contributed by atoms with Gasteiger partial charge >= 0.3 is 0 Å². The second kappa shape index (κ2) is 7.89. The van der Waals surface area contributed by atoms with Gasteiger partial charge in [0.25, 0.3) is 5.91 Å². The predicted octanol–water partition coefficient (Wildman–Crippen LogP) is 3.87. The van der Waals surface area contributed by atoms with Crippen LogP contribution in [0.4, 0.5) is 5.69 Å². The number of benzene rings is 3. The Balaban J connectivity index is 1.66. The molecule has 0 radical (unpaired) electrons. The number of carbonyl (C=O) groups excluding carboxylic acids is 2. The van der Waals surface area contributed by atoms with E-state index in [1.807, 2.05) is 42.5 Å². The summed E-state index contributed by atoms with van der Waals surface area (Å²) in [5.41, 5.74) is 1.02. The Bertz CT molecular complexity index is 967. The molecular formula is C20H17ClN2O3. The van der Waals surface area contributed by atoms with Crippen molar-refractivity contribution < 1.29 is 14.3 Å². The summed E-state index contributed by atoms with van der Waals surface area (Å²) in [4.78, 5) is 24.5. The second-order valence-corrected chi connectivity index (χ2v) is 6.04. The molecule has 0 saturated carbocycles. The second-order valence-electron chi connectivity index (χ2n) is 5.60. The Morgan fingerprint density at radius 3 is 2.62 bits per heavy atom. The van der Waals surface area contributed by atoms with E-state index in [9.17, 15) is 9.59 Å². The average molecular weight is 369 g/mol. The van der Waals surface area contributed by atoms with Gasteiger partial charge in [0.15, 0.2) is 0 Å². The van der Waals surface area contributed by atoms with Gasteiger partial charge in [-0.3, -0.25) is 9.59 Å². The fourth-order valence-electron chi connectivity index (χ4n) is 2.64. The van der Waals surface area contributed by atoms with E-state index in [0.29, 0.717) is 22.0 Å². The fourth-order valence-corrected chi connectivity index (χ4v) is 2.80. The number of ether oxygens (including phenoxy) is 1. The smallest absolute Gasteiger partial charge is 0.255 e. The number of hydrogen-bond donors (Lipinski definition) is 2. The van der Waals surface area contributed by atoms with Gasteiger partial charge in [0.2, 0.25) is 5.91 Å². The van der Waals surface area contributed by atoms with Crippen molar-refractivity contribution in [1.29, 1.82) is 0 Å². The zero-order chi connectivity index (χ0) is 18.5. The van der Waals surface area contributed by atoms with Crippen LogP contribution in [0, 0.1) is 0 Å². The Labute approximate surface area is 155 Å². The standard InChI is InChI=1S/C20H17ClN2O3/c1-26-18-11-14(21)9-10-16(18)20(25)22-12-19(24)23-17-8-4-6-13-5-2-3-7-15(13)17/h2-11H,12H2,1H3,(H,22,25)(H,23,24). The van der Waals surface area contributed by atoms with Crippen LogP contribution in [0.15, 0.2) is 60.7 Å². The lowest BCUT2D eigenvalue weighted by Crippen LogP contribution is -2.33. The first-order chi connectivity index (χ1) is 12.6. The van der Waals surface area contributed by atoms with Crippen molar-refractivity contribution in [2.24, 2.45) is 0 Å². The van der Waals surface area contributed by atoms with Gasteiger partial charge in [-0.15, -0.1) is 0 Å². The lowest BCUT2D eigenvalue weighted by molar-refractivity contribution is -0.115. The molecule has 0 aromatic heterocycles. The van der Waals surface area contributed by atoms with E-state index in [2.05, 4.69) is 10.6 Å². The number of fused-ring (bicyclic) bond motifs is 1. The number of methoxy groups -OCH3 is 1. The van der Waals surface area contributed by atoms with Crippen molar-refractivity contribution >= 4 is 39.9 Å². The number of rotatable bonds is 5. The molecule has 3 aromatic rings. The number of nitrogens with one attached hydrogen (secondary N) is 2. The monoisotopic (exact) mass is 368 g/mol. The predicted molar refractivity (Wildman–Crippen MR) is 103 cm³/mol. The summed E-state index contributed by atoms with van der Waals surface area (Å²) in [6.45, 7) is -0.159. The maximum absolute atomic E-state index is 12.3. The first-order valence-electron chi connectivity index (χ1n) is 7.98. The highest BCUT2D eigenvalue weighted by atomic mass is 35.5. The van der Waals surface area contributed by atoms with Gasteiger partial charge in [0.1, 0.15) is 5.75 Å². The summed E-state index contributed by atoms with van der Waals surface area (Å²) >= 11 is 5.89. The van der Waals surface area contributed by atoms with Gasteiger partial charge < -0.3 is 15.4 Å². The lowest BCUT2D eigenvalue weighted by Gasteiger charge is -2.11. The molecule has 0 bridgehead atoms. The Morgan fingerprint density at radius 1 is 1.04 bits per heavy atom. The molecule has 26 heavy (non-hydrogen) atoms. The highest BCUT2D eigenvalue weighted by Gasteiger charge is 2.14. The van der Waals surface area contributed by atoms with Crippen LogP contribution in [0.1, 0.15) is 10.4 Å². The van der Waals surface area contributed by atoms with Crippen molar-refractivity contribution in [1.82, 2.24) is 5.32 Å². The number of hydrogen-bond acceptors (Lipinski definition) is 3. The molecule has 0 heterocycles. The highest BCUT2D eigenvalue weighted by Crippen LogP contribution is 2.24. The summed E-state index contributed by atoms with van der Waals surface area (Å²) in [5, 5.41) is 7.84. The molecule has 2 amide bonds. The number of anilines is 1. The van der Waals surface area contributed by atoms with Crippen molar-refractivity contribution in [3.8, 4) is 5.75 Å². The topological polar surface area (TPSA) is 67.4 Å². The van der Waals surface area contributed by atoms with Crippen LogP contribution in [-0.4, -0.2) is 25.5 Å². The third-order valence-corrected chi connectivity index (χ3v) is 4.12. The molecule has 0 aliphatic rings. The van der Waals surface area contributed by atoms with Crippen molar-refractivity contribution in [2.45, 2.75) is 0 Å². The van der Waals surface area contributed by atoms with Crippen LogP contribution in [0.25, 0.3) is 10.8 Å². The Kier molecular flexibility index (Phi) is 5.39. The van der Waals surface area contributed by atoms with Crippen LogP contribution in [0.3, 0.4) is 0 Å². The molecular weight excluding hydrogens is 352 g/mol. The molecule has 0 aliphatic carbocycles. The van der Waals surface area contributed by atoms with E-state index in [-0.39, 0.29) is 12.5 Å². The zero-order valence-electron chi connectivity index (χ0n) is 14.1. The van der Waals surface area contributed by atoms with Crippen LogP contribution in [0.2, 0.25) is 5.02 Å². The summed E-state index contributed by atoms with van der Waals surface area (Å²) in [6.07, 6.45) is 0. The SMILES string of the molecule is COc1cc(Cl)ccc1C(=O)NCC(=O)Nc1cccc2ccccc12. The normalized spacial score (nSPS) is 10.4. The van der Waals surface area contributed by atoms with Gasteiger partial charge in [0.05, 0.1) is 19.2 Å². The molecule has 2 N–H and O–H groups in total. The van der Waals surface area contributed by atoms with Crippen molar-refractivity contribution in [2.75, 3.05) is 19.0 Å². The van der Waals surface area contributed by atoms with Crippen LogP contribution >= 0.6 is 11.6 Å². The minimum absolute atomic E-state index is 0.159. The third kappa shape index (κ3) is 3.95. The summed E-state index contributed by atoms with van der Waals surface area (Å²) < 4.78 is 5.15. The Hall–Kier alpha value is -3.05. The van der Waals surface area contributed by atoms with Gasteiger partial charge in [0, 0.05) is 16.1 Å². The zero-order valence-corrected chi connectivity index (χ0v) is 14.8. The molecule has 0 aliphatic heterocycles.